The van der Waals surface area contributed by atoms with E-state index in [4.69, 9.17) is 11.6 Å². The Labute approximate surface area is 122 Å². The molecule has 0 aliphatic rings. The highest BCUT2D eigenvalue weighted by molar-refractivity contribution is 9.11. The SMILES string of the molecule is Clc1cccc(NCc2cccc(Br)c2)c1Br. The van der Waals surface area contributed by atoms with E-state index in [9.17, 15) is 0 Å². The van der Waals surface area contributed by atoms with E-state index in [1.165, 1.54) is 5.56 Å². The molecule has 0 saturated carbocycles. The molecule has 2 rings (SSSR count). The number of benzene rings is 2. The first-order valence-corrected chi connectivity index (χ1v) is 7.05. The average Bonchev–Trinajstić information content (AvgIpc) is 2.31. The molecule has 0 heterocycles. The minimum atomic E-state index is 0.712. The summed E-state index contributed by atoms with van der Waals surface area (Å²) in [6, 6.07) is 14.0. The maximum atomic E-state index is 6.03. The molecular formula is C13H10Br2ClN. The van der Waals surface area contributed by atoms with Crippen LogP contribution in [0, 0.1) is 0 Å². The van der Waals surface area contributed by atoms with Gasteiger partial charge in [-0.25, -0.2) is 0 Å². The number of halogens is 3. The summed E-state index contributed by atoms with van der Waals surface area (Å²) in [5.41, 5.74) is 2.21. The van der Waals surface area contributed by atoms with E-state index in [1.807, 2.05) is 30.3 Å². The second-order valence-corrected chi connectivity index (χ2v) is 5.70. The third-order valence-corrected chi connectivity index (χ3v) is 4.21. The Kier molecular flexibility index (Phi) is 4.48. The first kappa shape index (κ1) is 12.9. The summed E-state index contributed by atoms with van der Waals surface area (Å²) in [7, 11) is 0. The standard InChI is InChI=1S/C13H10Br2ClN/c14-10-4-1-3-9(7-10)8-17-12-6-2-5-11(16)13(12)15/h1-7,17H,8H2. The first-order valence-electron chi connectivity index (χ1n) is 5.09. The lowest BCUT2D eigenvalue weighted by molar-refractivity contribution is 1.14. The zero-order chi connectivity index (χ0) is 12.3. The summed E-state index contributed by atoms with van der Waals surface area (Å²) in [6.07, 6.45) is 0. The Balaban J connectivity index is 2.10. The lowest BCUT2D eigenvalue weighted by Gasteiger charge is -2.09. The molecule has 0 atom stereocenters. The van der Waals surface area contributed by atoms with Crippen molar-refractivity contribution in [1.29, 1.82) is 0 Å². The molecule has 0 radical (unpaired) electrons. The molecular weight excluding hydrogens is 365 g/mol. The van der Waals surface area contributed by atoms with Crippen molar-refractivity contribution in [3.63, 3.8) is 0 Å². The molecule has 1 nitrogen and oxygen atoms in total. The zero-order valence-corrected chi connectivity index (χ0v) is 12.8. The van der Waals surface area contributed by atoms with Crippen molar-refractivity contribution >= 4 is 49.1 Å². The molecule has 1 N–H and O–H groups in total. The summed E-state index contributed by atoms with van der Waals surface area (Å²) in [6.45, 7) is 0.762. The van der Waals surface area contributed by atoms with Crippen LogP contribution in [0.5, 0.6) is 0 Å². The molecule has 2 aromatic carbocycles. The lowest BCUT2D eigenvalue weighted by atomic mass is 10.2. The van der Waals surface area contributed by atoms with Crippen LogP contribution in [0.15, 0.2) is 51.4 Å². The molecule has 0 aromatic heterocycles. The quantitative estimate of drug-likeness (QED) is 0.749. The van der Waals surface area contributed by atoms with E-state index in [2.05, 4.69) is 49.3 Å². The predicted molar refractivity (Wildman–Crippen MR) is 80.6 cm³/mol. The highest BCUT2D eigenvalue weighted by Gasteiger charge is 2.03. The minimum Gasteiger partial charge on any atom is -0.380 e. The highest BCUT2D eigenvalue weighted by atomic mass is 79.9. The summed E-state index contributed by atoms with van der Waals surface area (Å²) < 4.78 is 1.98. The first-order chi connectivity index (χ1) is 8.16. The van der Waals surface area contributed by atoms with Gasteiger partial charge in [-0.15, -0.1) is 0 Å². The molecule has 0 amide bonds. The third-order valence-electron chi connectivity index (χ3n) is 2.32. The second kappa shape index (κ2) is 5.89. The van der Waals surface area contributed by atoms with Gasteiger partial charge in [-0.2, -0.15) is 0 Å². The van der Waals surface area contributed by atoms with E-state index in [-0.39, 0.29) is 0 Å². The maximum absolute atomic E-state index is 6.03. The Bertz CT molecular complexity index is 529. The number of rotatable bonds is 3. The summed E-state index contributed by atoms with van der Waals surface area (Å²) in [5, 5.41) is 4.06. The van der Waals surface area contributed by atoms with Crippen LogP contribution in [0.4, 0.5) is 5.69 Å². The van der Waals surface area contributed by atoms with Gasteiger partial charge in [0.2, 0.25) is 0 Å². The largest absolute Gasteiger partial charge is 0.380 e. The summed E-state index contributed by atoms with van der Waals surface area (Å²) >= 11 is 12.9. The molecule has 88 valence electrons. The number of anilines is 1. The van der Waals surface area contributed by atoms with Crippen LogP contribution in [-0.2, 0) is 6.54 Å². The Morgan fingerprint density at radius 2 is 1.82 bits per heavy atom. The Morgan fingerprint density at radius 1 is 1.06 bits per heavy atom. The zero-order valence-electron chi connectivity index (χ0n) is 8.88. The van der Waals surface area contributed by atoms with Crippen molar-refractivity contribution in [3.05, 3.63) is 62.0 Å². The fourth-order valence-electron chi connectivity index (χ4n) is 1.48. The van der Waals surface area contributed by atoms with Crippen LogP contribution in [0.2, 0.25) is 5.02 Å². The molecule has 0 aliphatic carbocycles. The van der Waals surface area contributed by atoms with Gasteiger partial charge in [0.1, 0.15) is 0 Å². The topological polar surface area (TPSA) is 12.0 Å². The predicted octanol–water partition coefficient (Wildman–Crippen LogP) is 5.48. The van der Waals surface area contributed by atoms with Gasteiger partial charge in [-0.1, -0.05) is 45.7 Å². The van der Waals surface area contributed by atoms with Crippen molar-refractivity contribution in [2.24, 2.45) is 0 Å². The van der Waals surface area contributed by atoms with Gasteiger partial charge in [-0.3, -0.25) is 0 Å². The fraction of sp³-hybridized carbons (Fsp3) is 0.0769. The van der Waals surface area contributed by atoms with E-state index in [0.29, 0.717) is 5.02 Å². The molecule has 4 heteroatoms. The average molecular weight is 375 g/mol. The van der Waals surface area contributed by atoms with Gasteiger partial charge < -0.3 is 5.32 Å². The fourth-order valence-corrected chi connectivity index (χ4v) is 2.51. The minimum absolute atomic E-state index is 0.712. The van der Waals surface area contributed by atoms with Crippen LogP contribution >= 0.6 is 43.5 Å². The maximum Gasteiger partial charge on any atom is 0.0593 e. The Hall–Kier alpha value is -0.510. The van der Waals surface area contributed by atoms with Gasteiger partial charge in [0, 0.05) is 11.0 Å². The summed E-state index contributed by atoms with van der Waals surface area (Å²) in [4.78, 5) is 0. The van der Waals surface area contributed by atoms with Gasteiger partial charge in [0.15, 0.2) is 0 Å². The molecule has 0 aliphatic heterocycles. The molecule has 0 unspecified atom stereocenters. The van der Waals surface area contributed by atoms with E-state index >= 15 is 0 Å². The monoisotopic (exact) mass is 373 g/mol. The third kappa shape index (κ3) is 3.47. The van der Waals surface area contributed by atoms with Crippen molar-refractivity contribution in [2.45, 2.75) is 6.54 Å². The second-order valence-electron chi connectivity index (χ2n) is 3.58. The van der Waals surface area contributed by atoms with Crippen molar-refractivity contribution in [2.75, 3.05) is 5.32 Å². The summed E-state index contributed by atoms with van der Waals surface area (Å²) in [5.74, 6) is 0. The Morgan fingerprint density at radius 3 is 2.59 bits per heavy atom. The van der Waals surface area contributed by atoms with E-state index < -0.39 is 0 Å². The van der Waals surface area contributed by atoms with Crippen molar-refractivity contribution < 1.29 is 0 Å². The molecule has 17 heavy (non-hydrogen) atoms. The van der Waals surface area contributed by atoms with Gasteiger partial charge in [-0.05, 0) is 45.8 Å². The number of nitrogens with one attached hydrogen (secondary N) is 1. The molecule has 0 saturated heterocycles. The number of hydrogen-bond donors (Lipinski definition) is 1. The van der Waals surface area contributed by atoms with Gasteiger partial charge >= 0.3 is 0 Å². The number of hydrogen-bond acceptors (Lipinski definition) is 1. The molecule has 0 spiro atoms. The van der Waals surface area contributed by atoms with E-state index in [1.54, 1.807) is 0 Å². The highest BCUT2D eigenvalue weighted by Crippen LogP contribution is 2.30. The molecule has 0 fully saturated rings. The van der Waals surface area contributed by atoms with Crippen LogP contribution < -0.4 is 5.32 Å². The molecule has 2 aromatic rings. The van der Waals surface area contributed by atoms with Crippen LogP contribution in [0.1, 0.15) is 5.56 Å². The smallest absolute Gasteiger partial charge is 0.0593 e. The van der Waals surface area contributed by atoms with Crippen LogP contribution in [-0.4, -0.2) is 0 Å². The van der Waals surface area contributed by atoms with E-state index in [0.717, 1.165) is 21.2 Å². The normalized spacial score (nSPS) is 10.3. The van der Waals surface area contributed by atoms with Crippen LogP contribution in [0.25, 0.3) is 0 Å². The van der Waals surface area contributed by atoms with Crippen molar-refractivity contribution in [1.82, 2.24) is 0 Å². The van der Waals surface area contributed by atoms with Gasteiger partial charge in [0.05, 0.1) is 15.2 Å². The van der Waals surface area contributed by atoms with Crippen LogP contribution in [0.3, 0.4) is 0 Å². The van der Waals surface area contributed by atoms with Gasteiger partial charge in [0.25, 0.3) is 0 Å². The molecule has 0 bridgehead atoms. The van der Waals surface area contributed by atoms with Crippen molar-refractivity contribution in [3.8, 4) is 0 Å². The lowest BCUT2D eigenvalue weighted by Crippen LogP contribution is -1.99.